The molecule has 5 heteroatoms. The zero-order valence-corrected chi connectivity index (χ0v) is 14.4. The molecule has 0 saturated carbocycles. The van der Waals surface area contributed by atoms with Gasteiger partial charge in [0.15, 0.2) is 0 Å². The molecule has 0 aliphatic carbocycles. The van der Waals surface area contributed by atoms with Gasteiger partial charge in [-0.2, -0.15) is 5.10 Å². The molecule has 1 fully saturated rings. The Labute approximate surface area is 138 Å². The summed E-state index contributed by atoms with van der Waals surface area (Å²) in [6.45, 7) is 9.73. The van der Waals surface area contributed by atoms with Crippen LogP contribution in [0.3, 0.4) is 0 Å². The predicted molar refractivity (Wildman–Crippen MR) is 92.0 cm³/mol. The highest BCUT2D eigenvalue weighted by atomic mass is 15.2. The van der Waals surface area contributed by atoms with Crippen molar-refractivity contribution < 1.29 is 0 Å². The van der Waals surface area contributed by atoms with E-state index in [9.17, 15) is 0 Å². The highest BCUT2D eigenvalue weighted by molar-refractivity contribution is 5.23. The van der Waals surface area contributed by atoms with E-state index in [0.717, 1.165) is 31.2 Å². The molecule has 1 aliphatic rings. The van der Waals surface area contributed by atoms with Crippen LogP contribution in [0.1, 0.15) is 28.9 Å². The number of likely N-dealkylation sites (tertiary alicyclic amines) is 1. The minimum atomic E-state index is 0.754. The maximum absolute atomic E-state index is 4.31. The first kappa shape index (κ1) is 16.1. The zero-order valence-electron chi connectivity index (χ0n) is 14.4. The van der Waals surface area contributed by atoms with Gasteiger partial charge in [-0.3, -0.25) is 15.0 Å². The van der Waals surface area contributed by atoms with Gasteiger partial charge in [0.05, 0.1) is 5.69 Å². The van der Waals surface area contributed by atoms with E-state index in [0.29, 0.717) is 0 Å². The van der Waals surface area contributed by atoms with Crippen LogP contribution in [-0.4, -0.2) is 51.7 Å². The molecule has 23 heavy (non-hydrogen) atoms. The number of H-pyrrole nitrogens is 1. The number of hydrogen-bond acceptors (Lipinski definition) is 4. The van der Waals surface area contributed by atoms with Crippen LogP contribution in [0.2, 0.25) is 0 Å². The van der Waals surface area contributed by atoms with E-state index in [1.54, 1.807) is 0 Å². The monoisotopic (exact) mass is 313 g/mol. The number of rotatable bonds is 6. The Morgan fingerprint density at radius 2 is 2.26 bits per heavy atom. The van der Waals surface area contributed by atoms with Crippen LogP contribution in [0, 0.1) is 19.8 Å². The molecule has 0 unspecified atom stereocenters. The lowest BCUT2D eigenvalue weighted by Crippen LogP contribution is -2.28. The predicted octanol–water partition coefficient (Wildman–Crippen LogP) is 2.38. The lowest BCUT2D eigenvalue weighted by molar-refractivity contribution is 0.254. The van der Waals surface area contributed by atoms with Crippen molar-refractivity contribution in [1.82, 2.24) is 25.0 Å². The summed E-state index contributed by atoms with van der Waals surface area (Å²) >= 11 is 0. The van der Waals surface area contributed by atoms with Gasteiger partial charge in [-0.1, -0.05) is 6.07 Å². The van der Waals surface area contributed by atoms with Crippen molar-refractivity contribution in [2.75, 3.05) is 26.7 Å². The third-order valence-corrected chi connectivity index (χ3v) is 4.78. The SMILES string of the molecule is Cc1n[nH]c(C)c1CN1CC[C@@H](CN(C)Cc2cccnc2)C1. The van der Waals surface area contributed by atoms with Crippen molar-refractivity contribution in [3.05, 3.63) is 47.0 Å². The molecule has 0 spiro atoms. The lowest BCUT2D eigenvalue weighted by atomic mass is 10.1. The highest BCUT2D eigenvalue weighted by Gasteiger charge is 2.24. The minimum Gasteiger partial charge on any atom is -0.302 e. The van der Waals surface area contributed by atoms with Crippen molar-refractivity contribution in [1.29, 1.82) is 0 Å². The quantitative estimate of drug-likeness (QED) is 0.889. The van der Waals surface area contributed by atoms with Crippen LogP contribution < -0.4 is 0 Å². The summed E-state index contributed by atoms with van der Waals surface area (Å²) in [6, 6.07) is 4.16. The van der Waals surface area contributed by atoms with Gasteiger partial charge >= 0.3 is 0 Å². The van der Waals surface area contributed by atoms with E-state index in [4.69, 9.17) is 0 Å². The van der Waals surface area contributed by atoms with E-state index in [1.807, 2.05) is 18.5 Å². The molecule has 2 aromatic heterocycles. The molecule has 0 amide bonds. The molecule has 3 rings (SSSR count). The summed E-state index contributed by atoms with van der Waals surface area (Å²) in [6.07, 6.45) is 5.08. The Bertz CT molecular complexity index is 602. The van der Waals surface area contributed by atoms with Gasteiger partial charge in [0.25, 0.3) is 0 Å². The van der Waals surface area contributed by atoms with Crippen molar-refractivity contribution in [2.24, 2.45) is 5.92 Å². The van der Waals surface area contributed by atoms with Gasteiger partial charge in [-0.25, -0.2) is 0 Å². The fraction of sp³-hybridized carbons (Fsp3) is 0.556. The summed E-state index contributed by atoms with van der Waals surface area (Å²) in [5.74, 6) is 0.754. The van der Waals surface area contributed by atoms with Gasteiger partial charge in [-0.05, 0) is 51.4 Å². The van der Waals surface area contributed by atoms with Crippen LogP contribution in [0.25, 0.3) is 0 Å². The fourth-order valence-corrected chi connectivity index (χ4v) is 3.54. The van der Waals surface area contributed by atoms with E-state index in [-0.39, 0.29) is 0 Å². The molecule has 3 heterocycles. The smallest absolute Gasteiger partial charge is 0.0639 e. The number of nitrogens with zero attached hydrogens (tertiary/aromatic N) is 4. The molecule has 124 valence electrons. The summed E-state index contributed by atoms with van der Waals surface area (Å²) in [5, 5.41) is 7.40. The molecule has 1 aliphatic heterocycles. The average Bonchev–Trinajstić information content (AvgIpc) is 3.10. The topological polar surface area (TPSA) is 48.1 Å². The van der Waals surface area contributed by atoms with Crippen molar-refractivity contribution >= 4 is 0 Å². The number of nitrogens with one attached hydrogen (secondary N) is 1. The second-order valence-electron chi connectivity index (χ2n) is 6.86. The molecular weight excluding hydrogens is 286 g/mol. The molecule has 0 aromatic carbocycles. The number of pyridine rings is 1. The van der Waals surface area contributed by atoms with Crippen molar-refractivity contribution in [3.8, 4) is 0 Å². The molecule has 1 saturated heterocycles. The van der Waals surface area contributed by atoms with Crippen LogP contribution in [0.15, 0.2) is 24.5 Å². The van der Waals surface area contributed by atoms with Gasteiger partial charge in [-0.15, -0.1) is 0 Å². The van der Waals surface area contributed by atoms with E-state index in [1.165, 1.54) is 36.3 Å². The number of aromatic amines is 1. The maximum Gasteiger partial charge on any atom is 0.0639 e. The Kier molecular flexibility index (Phi) is 5.08. The van der Waals surface area contributed by atoms with Crippen LogP contribution >= 0.6 is 0 Å². The van der Waals surface area contributed by atoms with E-state index in [2.05, 4.69) is 51.9 Å². The molecular formula is C18H27N5. The lowest BCUT2D eigenvalue weighted by Gasteiger charge is -2.21. The Morgan fingerprint density at radius 1 is 1.39 bits per heavy atom. The highest BCUT2D eigenvalue weighted by Crippen LogP contribution is 2.21. The normalized spacial score (nSPS) is 18.9. The molecule has 0 bridgehead atoms. The van der Waals surface area contributed by atoms with Crippen molar-refractivity contribution in [2.45, 2.75) is 33.4 Å². The summed E-state index contributed by atoms with van der Waals surface area (Å²) < 4.78 is 0. The largest absolute Gasteiger partial charge is 0.302 e. The average molecular weight is 313 g/mol. The van der Waals surface area contributed by atoms with Gasteiger partial charge < -0.3 is 4.90 Å². The molecule has 0 radical (unpaired) electrons. The molecule has 5 nitrogen and oxygen atoms in total. The molecule has 2 aromatic rings. The summed E-state index contributed by atoms with van der Waals surface area (Å²) in [5.41, 5.74) is 5.00. The molecule has 1 N–H and O–H groups in total. The second kappa shape index (κ2) is 7.23. The minimum absolute atomic E-state index is 0.754. The Hall–Kier alpha value is -1.72. The standard InChI is InChI=1S/C18H27N5/c1-14-18(15(2)21-20-14)13-23-8-6-17(12-23)11-22(3)10-16-5-4-7-19-9-16/h4-5,7,9,17H,6,8,10-13H2,1-3H3,(H,20,21)/t17-/m0/s1. The van der Waals surface area contributed by atoms with Crippen LogP contribution in [0.5, 0.6) is 0 Å². The second-order valence-corrected chi connectivity index (χ2v) is 6.86. The Balaban J connectivity index is 1.48. The third-order valence-electron chi connectivity index (χ3n) is 4.78. The maximum atomic E-state index is 4.31. The number of aryl methyl sites for hydroxylation is 2. The first-order valence-corrected chi connectivity index (χ1v) is 8.42. The van der Waals surface area contributed by atoms with E-state index < -0.39 is 0 Å². The summed E-state index contributed by atoms with van der Waals surface area (Å²) in [4.78, 5) is 9.18. The fourth-order valence-electron chi connectivity index (χ4n) is 3.54. The number of aromatic nitrogens is 3. The first-order valence-electron chi connectivity index (χ1n) is 8.42. The first-order chi connectivity index (χ1) is 11.1. The van der Waals surface area contributed by atoms with Gasteiger partial charge in [0.2, 0.25) is 0 Å². The third kappa shape index (κ3) is 4.18. The zero-order chi connectivity index (χ0) is 16.2. The summed E-state index contributed by atoms with van der Waals surface area (Å²) in [7, 11) is 2.21. The van der Waals surface area contributed by atoms with Crippen LogP contribution in [-0.2, 0) is 13.1 Å². The van der Waals surface area contributed by atoms with Crippen molar-refractivity contribution in [3.63, 3.8) is 0 Å². The van der Waals surface area contributed by atoms with Gasteiger partial charge in [0.1, 0.15) is 0 Å². The molecule has 1 atom stereocenters. The number of hydrogen-bond donors (Lipinski definition) is 1. The Morgan fingerprint density at radius 3 is 2.96 bits per heavy atom. The van der Waals surface area contributed by atoms with Crippen LogP contribution in [0.4, 0.5) is 0 Å². The van der Waals surface area contributed by atoms with E-state index >= 15 is 0 Å². The van der Waals surface area contributed by atoms with Gasteiger partial charge in [0, 0.05) is 49.8 Å².